The van der Waals surface area contributed by atoms with Crippen molar-refractivity contribution in [2.24, 2.45) is 0 Å². The highest BCUT2D eigenvalue weighted by Crippen LogP contribution is 2.32. The van der Waals surface area contributed by atoms with Crippen LogP contribution in [-0.4, -0.2) is 23.6 Å². The van der Waals surface area contributed by atoms with Gasteiger partial charge in [-0.05, 0) is 64.8 Å². The van der Waals surface area contributed by atoms with Crippen LogP contribution in [0.25, 0.3) is 0 Å². The number of carbonyl (C=O) groups excluding carboxylic acids is 2. The first-order valence-corrected chi connectivity index (χ1v) is 8.14. The molecule has 1 aliphatic rings. The normalized spacial score (nSPS) is 17.7. The minimum absolute atomic E-state index is 0.0773. The lowest BCUT2D eigenvalue weighted by Crippen LogP contribution is -2.30. The third-order valence-electron chi connectivity index (χ3n) is 4.13. The van der Waals surface area contributed by atoms with E-state index in [4.69, 9.17) is 9.47 Å². The molecule has 130 valence electrons. The summed E-state index contributed by atoms with van der Waals surface area (Å²) in [5.41, 5.74) is 0.916. The molecule has 0 aromatic heterocycles. The van der Waals surface area contributed by atoms with Gasteiger partial charge in [0.05, 0.1) is 12.1 Å². The van der Waals surface area contributed by atoms with Crippen molar-refractivity contribution in [2.75, 3.05) is 0 Å². The van der Waals surface area contributed by atoms with Crippen LogP contribution in [0.3, 0.4) is 0 Å². The van der Waals surface area contributed by atoms with Crippen molar-refractivity contribution >= 4 is 11.9 Å². The zero-order chi connectivity index (χ0) is 18.1. The van der Waals surface area contributed by atoms with Crippen LogP contribution in [0.4, 0.5) is 0 Å². The van der Waals surface area contributed by atoms with Crippen molar-refractivity contribution in [2.45, 2.75) is 59.3 Å². The summed E-state index contributed by atoms with van der Waals surface area (Å²) in [4.78, 5) is 24.5. The standard InChI is InChI=1S/C19H25NO4/c1-11(2)23-15-9-7-8-14(10-15)13(4)20-17(21)16-12(3)19(5,6)24-18(16)22/h7-11,13H,1-6H3,(H,20,21)/t13-/m0/s1. The Hall–Kier alpha value is -2.30. The summed E-state index contributed by atoms with van der Waals surface area (Å²) in [6.07, 6.45) is 0.0773. The molecule has 0 spiro atoms. The van der Waals surface area contributed by atoms with Crippen molar-refractivity contribution in [1.82, 2.24) is 5.32 Å². The van der Waals surface area contributed by atoms with Gasteiger partial charge in [-0.15, -0.1) is 0 Å². The fourth-order valence-corrected chi connectivity index (χ4v) is 2.56. The highest BCUT2D eigenvalue weighted by Gasteiger charge is 2.41. The summed E-state index contributed by atoms with van der Waals surface area (Å²) >= 11 is 0. The Morgan fingerprint density at radius 2 is 1.92 bits per heavy atom. The van der Waals surface area contributed by atoms with E-state index in [1.807, 2.05) is 45.0 Å². The lowest BCUT2D eigenvalue weighted by atomic mass is 9.97. The Bertz CT molecular complexity index is 688. The Morgan fingerprint density at radius 1 is 1.25 bits per heavy atom. The maximum absolute atomic E-state index is 12.5. The van der Waals surface area contributed by atoms with Gasteiger partial charge in [-0.1, -0.05) is 12.1 Å². The van der Waals surface area contributed by atoms with Crippen molar-refractivity contribution < 1.29 is 19.1 Å². The van der Waals surface area contributed by atoms with Crippen LogP contribution < -0.4 is 10.1 Å². The van der Waals surface area contributed by atoms with Crippen LogP contribution in [0, 0.1) is 0 Å². The van der Waals surface area contributed by atoms with E-state index in [1.165, 1.54) is 0 Å². The number of esters is 1. The van der Waals surface area contributed by atoms with E-state index in [0.29, 0.717) is 5.57 Å². The monoisotopic (exact) mass is 331 g/mol. The van der Waals surface area contributed by atoms with Crippen LogP contribution >= 0.6 is 0 Å². The van der Waals surface area contributed by atoms with Gasteiger partial charge in [0.15, 0.2) is 0 Å². The number of hydrogen-bond donors (Lipinski definition) is 1. The summed E-state index contributed by atoms with van der Waals surface area (Å²) in [5, 5.41) is 2.86. The highest BCUT2D eigenvalue weighted by molar-refractivity contribution is 6.18. The largest absolute Gasteiger partial charge is 0.491 e. The Balaban J connectivity index is 2.15. The summed E-state index contributed by atoms with van der Waals surface area (Å²) in [5.74, 6) is -0.231. The van der Waals surface area contributed by atoms with Crippen molar-refractivity contribution in [3.63, 3.8) is 0 Å². The zero-order valence-electron chi connectivity index (χ0n) is 15.1. The third kappa shape index (κ3) is 3.78. The first kappa shape index (κ1) is 18.0. The molecule has 1 heterocycles. The molecule has 0 bridgehead atoms. The van der Waals surface area contributed by atoms with Crippen molar-refractivity contribution in [3.05, 3.63) is 41.0 Å². The van der Waals surface area contributed by atoms with Gasteiger partial charge in [-0.2, -0.15) is 0 Å². The molecule has 1 aromatic rings. The first-order valence-electron chi connectivity index (χ1n) is 8.14. The van der Waals surface area contributed by atoms with Gasteiger partial charge in [0.25, 0.3) is 5.91 Å². The smallest absolute Gasteiger partial charge is 0.344 e. The molecule has 24 heavy (non-hydrogen) atoms. The number of nitrogens with one attached hydrogen (secondary N) is 1. The van der Waals surface area contributed by atoms with Gasteiger partial charge < -0.3 is 14.8 Å². The van der Waals surface area contributed by atoms with E-state index in [2.05, 4.69) is 5.32 Å². The number of hydrogen-bond acceptors (Lipinski definition) is 4. The Labute approximate surface area is 143 Å². The van der Waals surface area contributed by atoms with Gasteiger partial charge in [0.2, 0.25) is 0 Å². The number of ether oxygens (including phenoxy) is 2. The molecule has 0 saturated heterocycles. The zero-order valence-corrected chi connectivity index (χ0v) is 15.1. The molecule has 2 rings (SSSR count). The van der Waals surface area contributed by atoms with Gasteiger partial charge in [0.1, 0.15) is 16.9 Å². The SMILES string of the molecule is CC1=C(C(=O)N[C@@H](C)c2cccc(OC(C)C)c2)C(=O)OC1(C)C. The molecule has 5 heteroatoms. The molecule has 0 unspecified atom stereocenters. The van der Waals surface area contributed by atoms with Gasteiger partial charge in [0, 0.05) is 0 Å². The van der Waals surface area contributed by atoms with E-state index in [0.717, 1.165) is 11.3 Å². The molecule has 1 atom stereocenters. The van der Waals surface area contributed by atoms with Gasteiger partial charge >= 0.3 is 5.97 Å². The molecule has 1 aliphatic heterocycles. The van der Waals surface area contributed by atoms with Crippen molar-refractivity contribution in [3.8, 4) is 5.75 Å². The summed E-state index contributed by atoms with van der Waals surface area (Å²) in [6.45, 7) is 11.1. The van der Waals surface area contributed by atoms with Crippen LogP contribution in [0.5, 0.6) is 5.75 Å². The minimum atomic E-state index is -0.738. The molecule has 0 radical (unpaired) electrons. The van der Waals surface area contributed by atoms with E-state index in [-0.39, 0.29) is 17.7 Å². The second-order valence-corrected chi connectivity index (χ2v) is 6.83. The maximum Gasteiger partial charge on any atom is 0.344 e. The molecule has 0 aliphatic carbocycles. The predicted molar refractivity (Wildman–Crippen MR) is 91.6 cm³/mol. The first-order chi connectivity index (χ1) is 11.1. The van der Waals surface area contributed by atoms with Crippen molar-refractivity contribution in [1.29, 1.82) is 0 Å². The van der Waals surface area contributed by atoms with Crippen LogP contribution in [0.15, 0.2) is 35.4 Å². The van der Waals surface area contributed by atoms with E-state index < -0.39 is 17.5 Å². The van der Waals surface area contributed by atoms with Crippen LogP contribution in [0.2, 0.25) is 0 Å². The number of benzene rings is 1. The molecule has 1 aromatic carbocycles. The van der Waals surface area contributed by atoms with Crippen LogP contribution in [0.1, 0.15) is 53.1 Å². The average molecular weight is 331 g/mol. The number of rotatable bonds is 5. The minimum Gasteiger partial charge on any atom is -0.491 e. The molecular weight excluding hydrogens is 306 g/mol. The van der Waals surface area contributed by atoms with Gasteiger partial charge in [-0.3, -0.25) is 4.79 Å². The molecule has 0 fully saturated rings. The van der Waals surface area contributed by atoms with Gasteiger partial charge in [-0.25, -0.2) is 4.79 Å². The summed E-state index contributed by atoms with van der Waals surface area (Å²) in [6, 6.07) is 7.30. The lowest BCUT2D eigenvalue weighted by Gasteiger charge is -2.18. The molecule has 1 N–H and O–H groups in total. The second-order valence-electron chi connectivity index (χ2n) is 6.83. The lowest BCUT2D eigenvalue weighted by molar-refractivity contribution is -0.145. The van der Waals surface area contributed by atoms with E-state index in [1.54, 1.807) is 20.8 Å². The molecular formula is C19H25NO4. The topological polar surface area (TPSA) is 64.6 Å². The predicted octanol–water partition coefficient (Wildman–Crippen LogP) is 3.30. The number of cyclic esters (lactones) is 1. The van der Waals surface area contributed by atoms with E-state index >= 15 is 0 Å². The molecule has 0 saturated carbocycles. The average Bonchev–Trinajstić information content (AvgIpc) is 2.66. The number of amides is 1. The second kappa shape index (κ2) is 6.67. The summed E-state index contributed by atoms with van der Waals surface area (Å²) in [7, 11) is 0. The quantitative estimate of drug-likeness (QED) is 0.664. The highest BCUT2D eigenvalue weighted by atomic mass is 16.6. The summed E-state index contributed by atoms with van der Waals surface area (Å²) < 4.78 is 10.9. The Kier molecular flexibility index (Phi) is 5.02. The van der Waals surface area contributed by atoms with E-state index in [9.17, 15) is 9.59 Å². The molecule has 5 nitrogen and oxygen atoms in total. The fourth-order valence-electron chi connectivity index (χ4n) is 2.56. The number of carbonyl (C=O) groups is 2. The third-order valence-corrected chi connectivity index (χ3v) is 4.13. The molecule has 1 amide bonds. The van der Waals surface area contributed by atoms with Crippen LogP contribution in [-0.2, 0) is 14.3 Å². The maximum atomic E-state index is 12.5. The fraction of sp³-hybridized carbons (Fsp3) is 0.474. The Morgan fingerprint density at radius 3 is 2.46 bits per heavy atom.